The number of rotatable bonds is 8. The Morgan fingerprint density at radius 1 is 1.43 bits per heavy atom. The van der Waals surface area contributed by atoms with Crippen molar-refractivity contribution >= 4 is 5.91 Å². The Hall–Kier alpha value is -2.26. The maximum Gasteiger partial charge on any atom is 0.256 e. The fourth-order valence-electron chi connectivity index (χ4n) is 3.53. The Bertz CT molecular complexity index is 766. The number of carbonyl (C=O) groups excluding carboxylic acids is 1. The third-order valence-electron chi connectivity index (χ3n) is 5.11. The van der Waals surface area contributed by atoms with Gasteiger partial charge in [0, 0.05) is 26.2 Å². The summed E-state index contributed by atoms with van der Waals surface area (Å²) in [6, 6.07) is 10.2. The number of ether oxygens (including phenoxy) is 2. The van der Waals surface area contributed by atoms with Crippen LogP contribution in [0.1, 0.15) is 28.5 Å². The Labute approximate surface area is 164 Å². The highest BCUT2D eigenvalue weighted by Crippen LogP contribution is 2.26. The largest absolute Gasteiger partial charge is 0.394 e. The van der Waals surface area contributed by atoms with Gasteiger partial charge in [-0.3, -0.25) is 9.69 Å². The maximum absolute atomic E-state index is 12.6. The molecular formula is C20H27N3O5. The molecule has 0 saturated carbocycles. The van der Waals surface area contributed by atoms with E-state index in [1.807, 2.05) is 18.2 Å². The van der Waals surface area contributed by atoms with Crippen LogP contribution in [-0.4, -0.2) is 66.1 Å². The van der Waals surface area contributed by atoms with Crippen molar-refractivity contribution < 1.29 is 23.9 Å². The highest BCUT2D eigenvalue weighted by Gasteiger charge is 2.43. The van der Waals surface area contributed by atoms with Crippen LogP contribution >= 0.6 is 0 Å². The van der Waals surface area contributed by atoms with Crippen LogP contribution < -0.4 is 5.32 Å². The molecule has 0 bridgehead atoms. The third kappa shape index (κ3) is 4.41. The first kappa shape index (κ1) is 20.5. The van der Waals surface area contributed by atoms with Gasteiger partial charge in [-0.1, -0.05) is 35.5 Å². The monoisotopic (exact) mass is 389 g/mol. The Balaban J connectivity index is 1.75. The van der Waals surface area contributed by atoms with E-state index in [1.165, 1.54) is 13.4 Å². The molecule has 1 aliphatic heterocycles. The molecule has 0 aliphatic carbocycles. The van der Waals surface area contributed by atoms with E-state index in [0.29, 0.717) is 31.0 Å². The smallest absolute Gasteiger partial charge is 0.256 e. The molecular weight excluding hydrogens is 362 g/mol. The summed E-state index contributed by atoms with van der Waals surface area (Å²) in [4.78, 5) is 14.8. The molecule has 2 aromatic rings. The summed E-state index contributed by atoms with van der Waals surface area (Å²) in [5.41, 5.74) is 1.19. The van der Waals surface area contributed by atoms with Crippen LogP contribution in [0.3, 0.4) is 0 Å². The van der Waals surface area contributed by atoms with Crippen LogP contribution in [-0.2, 0) is 22.6 Å². The van der Waals surface area contributed by atoms with Gasteiger partial charge in [0.05, 0.1) is 32.0 Å². The standard InChI is InChI=1S/C20H27N3O5/c1-15-9-27-14-20(13-24,23(15)8-16-6-4-3-5-7-16)12-21-19(25)17-10-28-22-18(17)11-26-2/h3-7,10,15,24H,8-9,11-14H2,1-2H3,(H,21,25)/t15-,20+/m1/s1. The highest BCUT2D eigenvalue weighted by atomic mass is 16.5. The van der Waals surface area contributed by atoms with Crippen molar-refractivity contribution in [2.75, 3.05) is 33.5 Å². The van der Waals surface area contributed by atoms with Gasteiger partial charge >= 0.3 is 0 Å². The zero-order valence-corrected chi connectivity index (χ0v) is 16.3. The summed E-state index contributed by atoms with van der Waals surface area (Å²) in [6.45, 7) is 3.90. The summed E-state index contributed by atoms with van der Waals surface area (Å²) in [6.07, 6.45) is 1.30. The Morgan fingerprint density at radius 2 is 2.21 bits per heavy atom. The first-order valence-corrected chi connectivity index (χ1v) is 9.29. The summed E-state index contributed by atoms with van der Waals surface area (Å²) in [7, 11) is 1.53. The fourth-order valence-corrected chi connectivity index (χ4v) is 3.53. The number of hydrogen-bond acceptors (Lipinski definition) is 7. The lowest BCUT2D eigenvalue weighted by Gasteiger charge is -2.49. The molecule has 3 rings (SSSR count). The predicted octanol–water partition coefficient (Wildman–Crippen LogP) is 1.20. The average molecular weight is 389 g/mol. The van der Waals surface area contributed by atoms with Crippen LogP contribution in [0.15, 0.2) is 41.1 Å². The molecule has 0 radical (unpaired) electrons. The fraction of sp³-hybridized carbons (Fsp3) is 0.500. The molecule has 28 heavy (non-hydrogen) atoms. The number of carbonyl (C=O) groups is 1. The van der Waals surface area contributed by atoms with Crippen molar-refractivity contribution in [3.8, 4) is 0 Å². The van der Waals surface area contributed by atoms with Crippen LogP contribution in [0, 0.1) is 0 Å². The van der Waals surface area contributed by atoms with Crippen LogP contribution in [0.25, 0.3) is 0 Å². The van der Waals surface area contributed by atoms with Gasteiger partial charge in [-0.15, -0.1) is 0 Å². The third-order valence-corrected chi connectivity index (χ3v) is 5.11. The van der Waals surface area contributed by atoms with Gasteiger partial charge in [0.25, 0.3) is 5.91 Å². The molecule has 0 unspecified atom stereocenters. The van der Waals surface area contributed by atoms with Gasteiger partial charge in [-0.25, -0.2) is 0 Å². The van der Waals surface area contributed by atoms with E-state index in [0.717, 1.165) is 5.56 Å². The molecule has 2 N–H and O–H groups in total. The molecule has 8 heteroatoms. The van der Waals surface area contributed by atoms with Gasteiger partial charge in [-0.05, 0) is 12.5 Å². The van der Waals surface area contributed by atoms with Gasteiger partial charge in [0.15, 0.2) is 0 Å². The van der Waals surface area contributed by atoms with Crippen LogP contribution in [0.5, 0.6) is 0 Å². The number of aliphatic hydroxyl groups is 1. The highest BCUT2D eigenvalue weighted by molar-refractivity contribution is 5.94. The summed E-state index contributed by atoms with van der Waals surface area (Å²) < 4.78 is 15.7. The second-order valence-electron chi connectivity index (χ2n) is 7.15. The van der Waals surface area contributed by atoms with E-state index >= 15 is 0 Å². The molecule has 1 amide bonds. The summed E-state index contributed by atoms with van der Waals surface area (Å²) in [5, 5.41) is 17.0. The van der Waals surface area contributed by atoms with Gasteiger partial charge in [0.2, 0.25) is 0 Å². The average Bonchev–Trinajstić information content (AvgIpc) is 3.18. The van der Waals surface area contributed by atoms with E-state index in [1.54, 1.807) is 0 Å². The normalized spacial score (nSPS) is 22.9. The molecule has 2 heterocycles. The lowest BCUT2D eigenvalue weighted by molar-refractivity contribution is -0.121. The summed E-state index contributed by atoms with van der Waals surface area (Å²) >= 11 is 0. The van der Waals surface area contributed by atoms with Gasteiger partial charge < -0.3 is 24.4 Å². The van der Waals surface area contributed by atoms with E-state index in [4.69, 9.17) is 14.0 Å². The molecule has 0 spiro atoms. The SMILES string of the molecule is COCc1nocc1C(=O)NC[C@]1(CO)COC[C@@H](C)N1Cc1ccccc1. The number of aromatic nitrogens is 1. The first-order valence-electron chi connectivity index (χ1n) is 9.29. The molecule has 1 saturated heterocycles. The minimum Gasteiger partial charge on any atom is -0.394 e. The van der Waals surface area contributed by atoms with Crippen LogP contribution in [0.2, 0.25) is 0 Å². The zero-order valence-electron chi connectivity index (χ0n) is 16.3. The number of nitrogens with one attached hydrogen (secondary N) is 1. The predicted molar refractivity (Wildman–Crippen MR) is 102 cm³/mol. The Morgan fingerprint density at radius 3 is 2.93 bits per heavy atom. The van der Waals surface area contributed by atoms with Crippen molar-refractivity contribution in [3.05, 3.63) is 53.4 Å². The second-order valence-corrected chi connectivity index (χ2v) is 7.15. The summed E-state index contributed by atoms with van der Waals surface area (Å²) in [5.74, 6) is -0.320. The molecule has 1 fully saturated rings. The van der Waals surface area contributed by atoms with Gasteiger partial charge in [0.1, 0.15) is 17.5 Å². The van der Waals surface area contributed by atoms with Crippen molar-refractivity contribution in [2.24, 2.45) is 0 Å². The van der Waals surface area contributed by atoms with Crippen molar-refractivity contribution in [3.63, 3.8) is 0 Å². The zero-order chi connectivity index (χ0) is 20.0. The minimum absolute atomic E-state index is 0.0950. The number of benzene rings is 1. The molecule has 8 nitrogen and oxygen atoms in total. The lowest BCUT2D eigenvalue weighted by Crippen LogP contribution is -2.66. The first-order chi connectivity index (χ1) is 13.6. The molecule has 2 atom stereocenters. The second kappa shape index (κ2) is 9.29. The van der Waals surface area contributed by atoms with Crippen molar-refractivity contribution in [1.82, 2.24) is 15.4 Å². The minimum atomic E-state index is -0.720. The van der Waals surface area contributed by atoms with Crippen molar-refractivity contribution in [2.45, 2.75) is 31.7 Å². The van der Waals surface area contributed by atoms with Crippen LogP contribution in [0.4, 0.5) is 0 Å². The van der Waals surface area contributed by atoms with E-state index < -0.39 is 5.54 Å². The number of nitrogens with zero attached hydrogens (tertiary/aromatic N) is 2. The number of aliphatic hydroxyl groups excluding tert-OH is 1. The molecule has 1 aromatic carbocycles. The van der Waals surface area contributed by atoms with Gasteiger partial charge in [-0.2, -0.15) is 0 Å². The molecule has 152 valence electrons. The number of amides is 1. The Kier molecular flexibility index (Phi) is 6.79. The number of hydrogen-bond donors (Lipinski definition) is 2. The number of morpholine rings is 1. The van der Waals surface area contributed by atoms with E-state index in [-0.39, 0.29) is 31.7 Å². The topological polar surface area (TPSA) is 97.1 Å². The van der Waals surface area contributed by atoms with E-state index in [2.05, 4.69) is 34.4 Å². The molecule has 1 aliphatic rings. The van der Waals surface area contributed by atoms with Crippen molar-refractivity contribution in [1.29, 1.82) is 0 Å². The molecule has 1 aromatic heterocycles. The number of methoxy groups -OCH3 is 1. The lowest BCUT2D eigenvalue weighted by atomic mass is 9.93. The maximum atomic E-state index is 12.6. The quantitative estimate of drug-likeness (QED) is 0.700. The van der Waals surface area contributed by atoms with E-state index in [9.17, 15) is 9.90 Å².